The maximum Gasteiger partial charge on any atom is 0.140 e. The molecule has 1 heterocycles. The Morgan fingerprint density at radius 2 is 2.20 bits per heavy atom. The summed E-state index contributed by atoms with van der Waals surface area (Å²) in [5.74, 6) is 0.841. The third-order valence-corrected chi connectivity index (χ3v) is 4.03. The second kappa shape index (κ2) is 7.25. The van der Waals surface area contributed by atoms with Gasteiger partial charge in [0, 0.05) is 9.77 Å². The molecule has 0 spiro atoms. The van der Waals surface area contributed by atoms with Crippen molar-refractivity contribution < 1.29 is 4.74 Å². The first-order valence-electron chi connectivity index (χ1n) is 6.43. The molecule has 2 aromatic rings. The number of hydrogen-bond donors (Lipinski definition) is 0. The predicted molar refractivity (Wildman–Crippen MR) is 86.7 cm³/mol. The standard InChI is InChI=1S/C16H15IN2O/c1-12-16(5-2-8-19-12)20-9-3-4-14-10-13(11-18)6-7-15(14)17/h2,5-8,10H,3-4,9H2,1H3. The molecule has 4 heteroatoms. The van der Waals surface area contributed by atoms with E-state index in [0.29, 0.717) is 12.2 Å². The summed E-state index contributed by atoms with van der Waals surface area (Å²) in [4.78, 5) is 4.19. The predicted octanol–water partition coefficient (Wildman–Crippen LogP) is 3.88. The van der Waals surface area contributed by atoms with Crippen LogP contribution < -0.4 is 4.74 Å². The van der Waals surface area contributed by atoms with E-state index in [1.165, 1.54) is 9.13 Å². The Hall–Kier alpha value is -1.61. The van der Waals surface area contributed by atoms with E-state index >= 15 is 0 Å². The number of halogens is 1. The highest BCUT2D eigenvalue weighted by molar-refractivity contribution is 14.1. The van der Waals surface area contributed by atoms with Crippen LogP contribution in [0.25, 0.3) is 0 Å². The second-order valence-electron chi connectivity index (χ2n) is 4.46. The lowest BCUT2D eigenvalue weighted by molar-refractivity contribution is 0.307. The van der Waals surface area contributed by atoms with Crippen LogP contribution in [0.3, 0.4) is 0 Å². The third kappa shape index (κ3) is 3.94. The molecule has 1 aromatic carbocycles. The van der Waals surface area contributed by atoms with E-state index in [1.807, 2.05) is 37.3 Å². The van der Waals surface area contributed by atoms with Crippen molar-refractivity contribution in [3.05, 3.63) is 56.9 Å². The van der Waals surface area contributed by atoms with Gasteiger partial charge in [0.15, 0.2) is 0 Å². The number of rotatable bonds is 5. The summed E-state index contributed by atoms with van der Waals surface area (Å²) < 4.78 is 6.92. The van der Waals surface area contributed by atoms with Gasteiger partial charge < -0.3 is 4.74 Å². The molecule has 0 saturated carbocycles. The molecule has 102 valence electrons. The Kier molecular flexibility index (Phi) is 5.36. The number of benzene rings is 1. The molecule has 0 aliphatic heterocycles. The lowest BCUT2D eigenvalue weighted by Crippen LogP contribution is -2.02. The molecule has 0 unspecified atom stereocenters. The number of nitrogens with zero attached hydrogens (tertiary/aromatic N) is 2. The van der Waals surface area contributed by atoms with Gasteiger partial charge in [-0.2, -0.15) is 5.26 Å². The van der Waals surface area contributed by atoms with Crippen LogP contribution in [0.5, 0.6) is 5.75 Å². The van der Waals surface area contributed by atoms with Crippen molar-refractivity contribution in [2.45, 2.75) is 19.8 Å². The van der Waals surface area contributed by atoms with Crippen LogP contribution in [0.15, 0.2) is 36.5 Å². The fourth-order valence-corrected chi connectivity index (χ4v) is 2.51. The van der Waals surface area contributed by atoms with Crippen LogP contribution in [-0.2, 0) is 6.42 Å². The Bertz CT molecular complexity index is 635. The molecule has 0 bridgehead atoms. The van der Waals surface area contributed by atoms with E-state index in [0.717, 1.165) is 24.3 Å². The maximum absolute atomic E-state index is 8.92. The second-order valence-corrected chi connectivity index (χ2v) is 5.62. The van der Waals surface area contributed by atoms with E-state index in [2.05, 4.69) is 33.6 Å². The SMILES string of the molecule is Cc1ncccc1OCCCc1cc(C#N)ccc1I. The molecule has 0 saturated heterocycles. The van der Waals surface area contributed by atoms with Gasteiger partial charge in [-0.25, -0.2) is 0 Å². The van der Waals surface area contributed by atoms with Crippen molar-refractivity contribution >= 4 is 22.6 Å². The highest BCUT2D eigenvalue weighted by atomic mass is 127. The molecule has 0 radical (unpaired) electrons. The number of ether oxygens (including phenoxy) is 1. The van der Waals surface area contributed by atoms with E-state index < -0.39 is 0 Å². The van der Waals surface area contributed by atoms with Crippen LogP contribution >= 0.6 is 22.6 Å². The van der Waals surface area contributed by atoms with Gasteiger partial charge in [-0.1, -0.05) is 0 Å². The molecule has 0 aliphatic rings. The van der Waals surface area contributed by atoms with Crippen molar-refractivity contribution in [1.82, 2.24) is 4.98 Å². The lowest BCUT2D eigenvalue weighted by Gasteiger charge is -2.09. The van der Waals surface area contributed by atoms with E-state index in [9.17, 15) is 0 Å². The van der Waals surface area contributed by atoms with Crippen molar-refractivity contribution in [1.29, 1.82) is 5.26 Å². The Morgan fingerprint density at radius 3 is 2.95 bits per heavy atom. The molecule has 0 amide bonds. The zero-order valence-corrected chi connectivity index (χ0v) is 13.4. The van der Waals surface area contributed by atoms with Crippen molar-refractivity contribution in [3.63, 3.8) is 0 Å². The summed E-state index contributed by atoms with van der Waals surface area (Å²) in [5.41, 5.74) is 2.83. The Labute approximate surface area is 132 Å². The number of aryl methyl sites for hydroxylation is 2. The number of nitriles is 1. The van der Waals surface area contributed by atoms with Crippen molar-refractivity contribution in [2.24, 2.45) is 0 Å². The largest absolute Gasteiger partial charge is 0.492 e. The fraction of sp³-hybridized carbons (Fsp3) is 0.250. The summed E-state index contributed by atoms with van der Waals surface area (Å²) in [6.07, 6.45) is 3.59. The van der Waals surface area contributed by atoms with Crippen LogP contribution in [-0.4, -0.2) is 11.6 Å². The molecule has 2 rings (SSSR count). The zero-order valence-electron chi connectivity index (χ0n) is 11.3. The molecule has 0 N–H and O–H groups in total. The molecule has 1 aromatic heterocycles. The van der Waals surface area contributed by atoms with Crippen LogP contribution in [0, 0.1) is 21.8 Å². The fourth-order valence-electron chi connectivity index (χ4n) is 1.90. The summed E-state index contributed by atoms with van der Waals surface area (Å²) in [7, 11) is 0. The van der Waals surface area contributed by atoms with Gasteiger partial charge in [0.2, 0.25) is 0 Å². The first-order valence-corrected chi connectivity index (χ1v) is 7.51. The summed E-state index contributed by atoms with van der Waals surface area (Å²) in [5, 5.41) is 8.92. The van der Waals surface area contributed by atoms with E-state index in [-0.39, 0.29) is 0 Å². The zero-order chi connectivity index (χ0) is 14.4. The summed E-state index contributed by atoms with van der Waals surface area (Å²) >= 11 is 2.30. The minimum Gasteiger partial charge on any atom is -0.492 e. The first kappa shape index (κ1) is 14.8. The Balaban J connectivity index is 1.88. The molecule has 3 nitrogen and oxygen atoms in total. The monoisotopic (exact) mass is 378 g/mol. The Morgan fingerprint density at radius 1 is 1.35 bits per heavy atom. The topological polar surface area (TPSA) is 45.9 Å². The van der Waals surface area contributed by atoms with Gasteiger partial charge in [-0.3, -0.25) is 4.98 Å². The molecule has 0 fully saturated rings. The van der Waals surface area contributed by atoms with E-state index in [4.69, 9.17) is 10.00 Å². The van der Waals surface area contributed by atoms with Gasteiger partial charge in [-0.15, -0.1) is 0 Å². The van der Waals surface area contributed by atoms with Gasteiger partial charge in [0.25, 0.3) is 0 Å². The average Bonchev–Trinajstić information content (AvgIpc) is 2.47. The van der Waals surface area contributed by atoms with Crippen molar-refractivity contribution in [2.75, 3.05) is 6.61 Å². The van der Waals surface area contributed by atoms with Crippen LogP contribution in [0.2, 0.25) is 0 Å². The van der Waals surface area contributed by atoms with Gasteiger partial charge >= 0.3 is 0 Å². The first-order chi connectivity index (χ1) is 9.70. The van der Waals surface area contributed by atoms with Gasteiger partial charge in [0.1, 0.15) is 5.75 Å². The molecule has 20 heavy (non-hydrogen) atoms. The van der Waals surface area contributed by atoms with E-state index in [1.54, 1.807) is 6.20 Å². The molecule has 0 atom stereocenters. The number of pyridine rings is 1. The quantitative estimate of drug-likeness (QED) is 0.586. The van der Waals surface area contributed by atoms with Gasteiger partial charge in [0.05, 0.1) is 23.9 Å². The number of hydrogen-bond acceptors (Lipinski definition) is 3. The average molecular weight is 378 g/mol. The molecular weight excluding hydrogens is 363 g/mol. The number of aromatic nitrogens is 1. The van der Waals surface area contributed by atoms with Crippen LogP contribution in [0.4, 0.5) is 0 Å². The molecular formula is C16H15IN2O. The maximum atomic E-state index is 8.92. The smallest absolute Gasteiger partial charge is 0.140 e. The third-order valence-electron chi connectivity index (χ3n) is 2.98. The van der Waals surface area contributed by atoms with Crippen LogP contribution in [0.1, 0.15) is 23.2 Å². The summed E-state index contributed by atoms with van der Waals surface area (Å²) in [6.45, 7) is 2.59. The normalized spacial score (nSPS) is 10.1. The van der Waals surface area contributed by atoms with Crippen molar-refractivity contribution in [3.8, 4) is 11.8 Å². The highest BCUT2D eigenvalue weighted by Gasteiger charge is 2.03. The minimum atomic E-state index is 0.652. The highest BCUT2D eigenvalue weighted by Crippen LogP contribution is 2.17. The van der Waals surface area contributed by atoms with Gasteiger partial charge in [-0.05, 0) is 78.3 Å². The summed E-state index contributed by atoms with van der Waals surface area (Å²) in [6, 6.07) is 11.8. The molecule has 0 aliphatic carbocycles. The lowest BCUT2D eigenvalue weighted by atomic mass is 10.1. The minimum absolute atomic E-state index is 0.652.